The number of sulfonamides is 1. The molecule has 0 unspecified atom stereocenters. The van der Waals surface area contributed by atoms with Crippen molar-refractivity contribution in [2.75, 3.05) is 12.3 Å². The van der Waals surface area contributed by atoms with Crippen LogP contribution in [0.2, 0.25) is 10.2 Å². The summed E-state index contributed by atoms with van der Waals surface area (Å²) >= 11 is 13.1. The molecule has 0 fully saturated rings. The maximum Gasteiger partial charge on any atom is 0.242 e. The Morgan fingerprint density at radius 1 is 1.09 bits per heavy atom. The second-order valence-electron chi connectivity index (χ2n) is 4.39. The zero-order chi connectivity index (χ0) is 16.0. The second-order valence-corrected chi connectivity index (χ2v) is 8.09. The van der Waals surface area contributed by atoms with Gasteiger partial charge in [-0.05, 0) is 29.8 Å². The first-order chi connectivity index (χ1) is 10.5. The van der Waals surface area contributed by atoms with Gasteiger partial charge in [0, 0.05) is 29.3 Å². The van der Waals surface area contributed by atoms with Crippen LogP contribution in [0.3, 0.4) is 0 Å². The third-order valence-electron chi connectivity index (χ3n) is 2.73. The van der Waals surface area contributed by atoms with E-state index in [1.165, 1.54) is 18.3 Å². The van der Waals surface area contributed by atoms with Crippen LogP contribution in [-0.2, 0) is 15.8 Å². The molecule has 0 bridgehead atoms. The van der Waals surface area contributed by atoms with Crippen LogP contribution >= 0.6 is 35.0 Å². The number of rotatable bonds is 7. The van der Waals surface area contributed by atoms with Crippen molar-refractivity contribution in [1.82, 2.24) is 9.71 Å². The van der Waals surface area contributed by atoms with Crippen LogP contribution in [0.5, 0.6) is 0 Å². The predicted molar refractivity (Wildman–Crippen MR) is 92.0 cm³/mol. The fourth-order valence-electron chi connectivity index (χ4n) is 1.62. The van der Waals surface area contributed by atoms with Crippen molar-refractivity contribution in [1.29, 1.82) is 0 Å². The van der Waals surface area contributed by atoms with Crippen LogP contribution in [0.4, 0.5) is 0 Å². The van der Waals surface area contributed by atoms with Gasteiger partial charge in [-0.15, -0.1) is 0 Å². The first kappa shape index (κ1) is 17.6. The molecule has 8 heteroatoms. The van der Waals surface area contributed by atoms with E-state index in [0.29, 0.717) is 17.3 Å². The number of benzene rings is 1. The van der Waals surface area contributed by atoms with E-state index < -0.39 is 10.0 Å². The highest BCUT2D eigenvalue weighted by atomic mass is 35.5. The highest BCUT2D eigenvalue weighted by Gasteiger charge is 2.13. The van der Waals surface area contributed by atoms with Gasteiger partial charge >= 0.3 is 0 Å². The Morgan fingerprint density at radius 2 is 1.82 bits per heavy atom. The molecule has 0 atom stereocenters. The van der Waals surface area contributed by atoms with Gasteiger partial charge in [-0.3, -0.25) is 0 Å². The molecule has 2 aromatic rings. The maximum absolute atomic E-state index is 12.0. The summed E-state index contributed by atoms with van der Waals surface area (Å²) in [7, 11) is -3.53. The van der Waals surface area contributed by atoms with Crippen LogP contribution in [0.1, 0.15) is 5.56 Å². The van der Waals surface area contributed by atoms with Crippen LogP contribution < -0.4 is 4.72 Å². The van der Waals surface area contributed by atoms with Gasteiger partial charge in [-0.1, -0.05) is 35.3 Å². The molecule has 0 saturated carbocycles. The lowest BCUT2D eigenvalue weighted by atomic mass is 10.2. The summed E-state index contributed by atoms with van der Waals surface area (Å²) in [6, 6.07) is 10.5. The molecule has 0 aliphatic carbocycles. The number of nitrogens with zero attached hydrogens (tertiary/aromatic N) is 1. The number of nitrogens with one attached hydrogen (secondary N) is 1. The summed E-state index contributed by atoms with van der Waals surface area (Å²) in [5.41, 5.74) is 1.15. The highest BCUT2D eigenvalue weighted by Crippen LogP contribution is 2.15. The van der Waals surface area contributed by atoms with E-state index in [4.69, 9.17) is 23.2 Å². The molecule has 0 aliphatic heterocycles. The van der Waals surface area contributed by atoms with Crippen molar-refractivity contribution in [2.24, 2.45) is 0 Å². The zero-order valence-corrected chi connectivity index (χ0v) is 14.6. The molecule has 1 aromatic carbocycles. The van der Waals surface area contributed by atoms with Gasteiger partial charge in [-0.2, -0.15) is 11.8 Å². The number of thioether (sulfide) groups is 1. The lowest BCUT2D eigenvalue weighted by molar-refractivity contribution is 0.584. The Balaban J connectivity index is 1.76. The molecule has 1 heterocycles. The van der Waals surface area contributed by atoms with Gasteiger partial charge in [0.2, 0.25) is 10.0 Å². The Kier molecular flexibility index (Phi) is 6.52. The van der Waals surface area contributed by atoms with Crippen LogP contribution in [-0.4, -0.2) is 25.7 Å². The van der Waals surface area contributed by atoms with Crippen molar-refractivity contribution >= 4 is 45.0 Å². The van der Waals surface area contributed by atoms with Gasteiger partial charge in [0.05, 0.1) is 0 Å². The monoisotopic (exact) mass is 376 g/mol. The average Bonchev–Trinajstić information content (AvgIpc) is 2.49. The van der Waals surface area contributed by atoms with Crippen LogP contribution in [0.25, 0.3) is 0 Å². The number of aromatic nitrogens is 1. The highest BCUT2D eigenvalue weighted by molar-refractivity contribution is 7.98. The smallest absolute Gasteiger partial charge is 0.242 e. The molecule has 0 aliphatic rings. The minimum absolute atomic E-state index is 0.111. The summed E-state index contributed by atoms with van der Waals surface area (Å²) in [4.78, 5) is 3.88. The van der Waals surface area contributed by atoms with E-state index in [1.807, 2.05) is 24.3 Å². The normalized spacial score (nSPS) is 11.5. The van der Waals surface area contributed by atoms with Gasteiger partial charge < -0.3 is 0 Å². The first-order valence-corrected chi connectivity index (χ1v) is 9.80. The SMILES string of the molecule is O=S(=O)(NCCSCc1ccc(Cl)cc1)c1ccc(Cl)nc1. The topological polar surface area (TPSA) is 59.1 Å². The molecular formula is C14H14Cl2N2O2S2. The number of hydrogen-bond donors (Lipinski definition) is 1. The molecule has 0 saturated heterocycles. The lowest BCUT2D eigenvalue weighted by Gasteiger charge is -2.06. The molecule has 0 radical (unpaired) electrons. The van der Waals surface area contributed by atoms with E-state index in [9.17, 15) is 8.42 Å². The van der Waals surface area contributed by atoms with E-state index in [2.05, 4.69) is 9.71 Å². The summed E-state index contributed by atoms with van der Waals surface area (Å²) in [5, 5.41) is 0.968. The number of halogens is 2. The standard InChI is InChI=1S/C14H14Cl2N2O2S2/c15-12-3-1-11(2-4-12)10-21-8-7-18-22(19,20)13-5-6-14(16)17-9-13/h1-6,9,18H,7-8,10H2. The van der Waals surface area contributed by atoms with Gasteiger partial charge in [0.25, 0.3) is 0 Å². The minimum atomic E-state index is -3.53. The summed E-state index contributed by atoms with van der Waals surface area (Å²) in [5.74, 6) is 1.48. The van der Waals surface area contributed by atoms with Crippen LogP contribution in [0, 0.1) is 0 Å². The summed E-state index contributed by atoms with van der Waals surface area (Å²) in [6.07, 6.45) is 1.24. The lowest BCUT2D eigenvalue weighted by Crippen LogP contribution is -2.26. The van der Waals surface area contributed by atoms with E-state index in [0.717, 1.165) is 11.3 Å². The zero-order valence-electron chi connectivity index (χ0n) is 11.5. The largest absolute Gasteiger partial charge is 0.243 e. The molecule has 22 heavy (non-hydrogen) atoms. The van der Waals surface area contributed by atoms with Crippen molar-refractivity contribution in [3.63, 3.8) is 0 Å². The van der Waals surface area contributed by atoms with Crippen molar-refractivity contribution < 1.29 is 8.42 Å². The van der Waals surface area contributed by atoms with E-state index in [-0.39, 0.29) is 10.0 Å². The summed E-state index contributed by atoms with van der Waals surface area (Å²) in [6.45, 7) is 0.350. The van der Waals surface area contributed by atoms with Crippen molar-refractivity contribution in [3.8, 4) is 0 Å². The van der Waals surface area contributed by atoms with Gasteiger partial charge in [0.1, 0.15) is 10.0 Å². The molecule has 118 valence electrons. The first-order valence-electron chi connectivity index (χ1n) is 6.41. The third kappa shape index (κ3) is 5.44. The quantitative estimate of drug-likeness (QED) is 0.592. The van der Waals surface area contributed by atoms with Crippen LogP contribution in [0.15, 0.2) is 47.5 Å². The third-order valence-corrected chi connectivity index (χ3v) is 5.68. The predicted octanol–water partition coefficient (Wildman–Crippen LogP) is 3.60. The Bertz CT molecular complexity index is 705. The minimum Gasteiger partial charge on any atom is -0.243 e. The van der Waals surface area contributed by atoms with Crippen molar-refractivity contribution in [3.05, 3.63) is 58.3 Å². The second kappa shape index (κ2) is 8.17. The Morgan fingerprint density at radius 3 is 2.45 bits per heavy atom. The molecule has 2 rings (SSSR count). The molecule has 0 amide bonds. The average molecular weight is 377 g/mol. The Labute approximate surface area is 144 Å². The van der Waals surface area contributed by atoms with E-state index >= 15 is 0 Å². The van der Waals surface area contributed by atoms with Gasteiger partial charge in [-0.25, -0.2) is 18.1 Å². The van der Waals surface area contributed by atoms with Crippen molar-refractivity contribution in [2.45, 2.75) is 10.6 Å². The molecule has 0 spiro atoms. The fourth-order valence-corrected chi connectivity index (χ4v) is 3.79. The molecule has 4 nitrogen and oxygen atoms in total. The maximum atomic E-state index is 12.0. The Hall–Kier alpha value is -0.790. The molecule has 1 N–H and O–H groups in total. The van der Waals surface area contributed by atoms with E-state index in [1.54, 1.807) is 11.8 Å². The molecular weight excluding hydrogens is 363 g/mol. The number of pyridine rings is 1. The molecule has 1 aromatic heterocycles. The number of hydrogen-bond acceptors (Lipinski definition) is 4. The van der Waals surface area contributed by atoms with Gasteiger partial charge in [0.15, 0.2) is 0 Å². The fraction of sp³-hybridized carbons (Fsp3) is 0.214. The summed E-state index contributed by atoms with van der Waals surface area (Å²) < 4.78 is 26.5.